The minimum atomic E-state index is -1.11. The minimum absolute atomic E-state index is 0.0166. The summed E-state index contributed by atoms with van der Waals surface area (Å²) < 4.78 is 0. The first-order valence-corrected chi connectivity index (χ1v) is 6.46. The van der Waals surface area contributed by atoms with E-state index in [1.807, 2.05) is 0 Å². The van der Waals surface area contributed by atoms with E-state index < -0.39 is 18.3 Å². The molecule has 0 saturated carbocycles. The molecule has 19 heavy (non-hydrogen) atoms. The lowest BCUT2D eigenvalue weighted by atomic mass is 10.3. The summed E-state index contributed by atoms with van der Waals surface area (Å²) >= 11 is 0. The Hall–Kier alpha value is -1.63. The molecule has 0 bridgehead atoms. The van der Waals surface area contributed by atoms with E-state index in [0.29, 0.717) is 13.1 Å². The number of unbranched alkanes of at least 4 members (excludes halogenated alkanes) is 1. The summed E-state index contributed by atoms with van der Waals surface area (Å²) in [7, 11) is 0. The maximum Gasteiger partial charge on any atom is 0.312 e. The molecule has 0 radical (unpaired) electrons. The molecule has 2 amide bonds. The van der Waals surface area contributed by atoms with Crippen LogP contribution in [0, 0.1) is 0 Å². The summed E-state index contributed by atoms with van der Waals surface area (Å²) in [4.78, 5) is 31.8. The summed E-state index contributed by atoms with van der Waals surface area (Å²) in [6, 6.07) is 0. The lowest BCUT2D eigenvalue weighted by Gasteiger charge is -2.06. The highest BCUT2D eigenvalue weighted by molar-refractivity contribution is 5.93. The van der Waals surface area contributed by atoms with E-state index in [0.717, 1.165) is 32.4 Å². The number of carboxylic acid groups (broad SMARTS) is 1. The van der Waals surface area contributed by atoms with Gasteiger partial charge in [0, 0.05) is 20.0 Å². The highest BCUT2D eigenvalue weighted by atomic mass is 16.4. The van der Waals surface area contributed by atoms with E-state index in [-0.39, 0.29) is 5.91 Å². The Balaban J connectivity index is 3.17. The van der Waals surface area contributed by atoms with Crippen molar-refractivity contribution >= 4 is 17.8 Å². The SMILES string of the molecule is CC(=O)NCCCNCCCCNC(=O)CC(=O)O. The van der Waals surface area contributed by atoms with Crippen LogP contribution in [0.3, 0.4) is 0 Å². The zero-order valence-corrected chi connectivity index (χ0v) is 11.3. The molecule has 0 atom stereocenters. The van der Waals surface area contributed by atoms with Gasteiger partial charge in [-0.05, 0) is 32.4 Å². The maximum atomic E-state index is 11.0. The van der Waals surface area contributed by atoms with Gasteiger partial charge in [0.15, 0.2) is 0 Å². The predicted molar refractivity (Wildman–Crippen MR) is 70.7 cm³/mol. The van der Waals surface area contributed by atoms with Crippen LogP contribution in [0.15, 0.2) is 0 Å². The smallest absolute Gasteiger partial charge is 0.312 e. The fraction of sp³-hybridized carbons (Fsp3) is 0.750. The lowest BCUT2D eigenvalue weighted by Crippen LogP contribution is -2.28. The van der Waals surface area contributed by atoms with E-state index in [1.54, 1.807) is 0 Å². The van der Waals surface area contributed by atoms with Gasteiger partial charge in [0.25, 0.3) is 0 Å². The highest BCUT2D eigenvalue weighted by Gasteiger charge is 2.05. The Morgan fingerprint density at radius 2 is 1.47 bits per heavy atom. The van der Waals surface area contributed by atoms with Crippen LogP contribution in [0.2, 0.25) is 0 Å². The minimum Gasteiger partial charge on any atom is -0.481 e. The van der Waals surface area contributed by atoms with Gasteiger partial charge in [0.05, 0.1) is 0 Å². The first kappa shape index (κ1) is 17.4. The highest BCUT2D eigenvalue weighted by Crippen LogP contribution is 1.86. The number of nitrogens with one attached hydrogen (secondary N) is 3. The molecule has 0 aromatic carbocycles. The Morgan fingerprint density at radius 1 is 0.895 bits per heavy atom. The number of carbonyl (C=O) groups is 3. The normalized spacial score (nSPS) is 9.95. The second-order valence-corrected chi connectivity index (χ2v) is 4.21. The Labute approximate surface area is 113 Å². The number of hydrogen-bond acceptors (Lipinski definition) is 4. The van der Waals surface area contributed by atoms with Gasteiger partial charge in [-0.25, -0.2) is 0 Å². The summed E-state index contributed by atoms with van der Waals surface area (Å²) in [5.41, 5.74) is 0. The van der Waals surface area contributed by atoms with Gasteiger partial charge in [-0.15, -0.1) is 0 Å². The monoisotopic (exact) mass is 273 g/mol. The Kier molecular flexibility index (Phi) is 10.5. The molecule has 4 N–H and O–H groups in total. The van der Waals surface area contributed by atoms with Crippen molar-refractivity contribution < 1.29 is 19.5 Å². The maximum absolute atomic E-state index is 11.0. The van der Waals surface area contributed by atoms with Crippen LogP contribution >= 0.6 is 0 Å². The van der Waals surface area contributed by atoms with Crippen LogP contribution in [-0.2, 0) is 14.4 Å². The fourth-order valence-corrected chi connectivity index (χ4v) is 1.41. The summed E-state index contributed by atoms with van der Waals surface area (Å²) in [6.45, 7) is 4.35. The number of carbonyl (C=O) groups excluding carboxylic acids is 2. The molecule has 0 saturated heterocycles. The van der Waals surface area contributed by atoms with E-state index >= 15 is 0 Å². The first-order valence-electron chi connectivity index (χ1n) is 6.46. The van der Waals surface area contributed by atoms with Crippen LogP contribution in [0.25, 0.3) is 0 Å². The molecule has 0 heterocycles. The number of aliphatic carboxylic acids is 1. The second-order valence-electron chi connectivity index (χ2n) is 4.21. The third-order valence-electron chi connectivity index (χ3n) is 2.32. The molecule has 0 unspecified atom stereocenters. The van der Waals surface area contributed by atoms with Gasteiger partial charge in [0.2, 0.25) is 11.8 Å². The largest absolute Gasteiger partial charge is 0.481 e. The van der Waals surface area contributed by atoms with Gasteiger partial charge in [-0.1, -0.05) is 0 Å². The van der Waals surface area contributed by atoms with Gasteiger partial charge in [0.1, 0.15) is 6.42 Å². The first-order chi connectivity index (χ1) is 9.02. The number of hydrogen-bond donors (Lipinski definition) is 4. The van der Waals surface area contributed by atoms with E-state index in [9.17, 15) is 14.4 Å². The molecular formula is C12H23N3O4. The predicted octanol–water partition coefficient (Wildman–Crippen LogP) is -0.527. The molecule has 7 heteroatoms. The molecule has 0 aromatic heterocycles. The van der Waals surface area contributed by atoms with Crippen molar-refractivity contribution in [3.05, 3.63) is 0 Å². The molecule has 0 aromatic rings. The van der Waals surface area contributed by atoms with Gasteiger partial charge in [-0.3, -0.25) is 14.4 Å². The van der Waals surface area contributed by atoms with Crippen molar-refractivity contribution in [3.8, 4) is 0 Å². The fourth-order valence-electron chi connectivity index (χ4n) is 1.41. The van der Waals surface area contributed by atoms with Crippen molar-refractivity contribution in [1.82, 2.24) is 16.0 Å². The molecule has 0 spiro atoms. The van der Waals surface area contributed by atoms with Crippen molar-refractivity contribution in [2.24, 2.45) is 0 Å². The summed E-state index contributed by atoms with van der Waals surface area (Å²) in [5.74, 6) is -1.58. The van der Waals surface area contributed by atoms with Crippen LogP contribution in [0.4, 0.5) is 0 Å². The Bertz CT molecular complexity index is 295. The molecule has 0 aliphatic carbocycles. The van der Waals surface area contributed by atoms with Gasteiger partial charge in [-0.2, -0.15) is 0 Å². The molecule has 0 fully saturated rings. The topological polar surface area (TPSA) is 108 Å². The molecule has 110 valence electrons. The van der Waals surface area contributed by atoms with Gasteiger partial charge >= 0.3 is 5.97 Å². The standard InChI is InChI=1S/C12H23N3O4/c1-10(16)14-8-4-6-13-5-2-3-7-15-11(17)9-12(18)19/h13H,2-9H2,1H3,(H,14,16)(H,15,17)(H,18,19). The average molecular weight is 273 g/mol. The van der Waals surface area contributed by atoms with E-state index in [4.69, 9.17) is 5.11 Å². The van der Waals surface area contributed by atoms with Crippen molar-refractivity contribution in [1.29, 1.82) is 0 Å². The molecule has 0 aliphatic heterocycles. The number of rotatable bonds is 11. The molecule has 0 rings (SSSR count). The summed E-state index contributed by atoms with van der Waals surface area (Å²) in [6.07, 6.45) is 2.13. The van der Waals surface area contributed by atoms with E-state index in [1.165, 1.54) is 6.92 Å². The van der Waals surface area contributed by atoms with Crippen LogP contribution in [0.1, 0.15) is 32.6 Å². The number of amides is 2. The van der Waals surface area contributed by atoms with E-state index in [2.05, 4.69) is 16.0 Å². The number of carboxylic acids is 1. The zero-order valence-electron chi connectivity index (χ0n) is 11.3. The molecular weight excluding hydrogens is 250 g/mol. The molecule has 0 aliphatic rings. The van der Waals surface area contributed by atoms with Crippen molar-refractivity contribution in [2.75, 3.05) is 26.2 Å². The third-order valence-corrected chi connectivity index (χ3v) is 2.32. The van der Waals surface area contributed by atoms with Crippen molar-refractivity contribution in [3.63, 3.8) is 0 Å². The third kappa shape index (κ3) is 14.3. The lowest BCUT2D eigenvalue weighted by molar-refractivity contribution is -0.140. The zero-order chi connectivity index (χ0) is 14.5. The molecule has 7 nitrogen and oxygen atoms in total. The van der Waals surface area contributed by atoms with Crippen molar-refractivity contribution in [2.45, 2.75) is 32.6 Å². The van der Waals surface area contributed by atoms with Crippen LogP contribution in [0.5, 0.6) is 0 Å². The Morgan fingerprint density at radius 3 is 2.11 bits per heavy atom. The quantitative estimate of drug-likeness (QED) is 0.299. The van der Waals surface area contributed by atoms with Gasteiger partial charge < -0.3 is 21.1 Å². The van der Waals surface area contributed by atoms with Crippen LogP contribution in [-0.4, -0.2) is 49.1 Å². The van der Waals surface area contributed by atoms with Crippen LogP contribution < -0.4 is 16.0 Å². The summed E-state index contributed by atoms with van der Waals surface area (Å²) in [5, 5.41) is 16.8. The average Bonchev–Trinajstić information content (AvgIpc) is 2.30. The second kappa shape index (κ2) is 11.5.